The molecule has 2 N–H and O–H groups in total. The van der Waals surface area contributed by atoms with Gasteiger partial charge in [0.05, 0.1) is 18.3 Å². The van der Waals surface area contributed by atoms with Gasteiger partial charge in [0, 0.05) is 25.2 Å². The van der Waals surface area contributed by atoms with E-state index in [9.17, 15) is 0 Å². The summed E-state index contributed by atoms with van der Waals surface area (Å²) in [5.74, 6) is 0. The van der Waals surface area contributed by atoms with Crippen LogP contribution in [0.5, 0.6) is 0 Å². The zero-order valence-electron chi connectivity index (χ0n) is 13.4. The Hall–Kier alpha value is -0.160. The molecule has 1 aliphatic heterocycles. The molecular weight excluding hydrogens is 240 g/mol. The minimum Gasteiger partial charge on any atom is -0.377 e. The highest BCUT2D eigenvalue weighted by Gasteiger charge is 2.43. The van der Waals surface area contributed by atoms with Gasteiger partial charge in [-0.25, -0.2) is 0 Å². The summed E-state index contributed by atoms with van der Waals surface area (Å²) in [7, 11) is 2.16. The smallest absolute Gasteiger partial charge is 0.0670 e. The van der Waals surface area contributed by atoms with E-state index in [-0.39, 0.29) is 17.2 Å². The van der Waals surface area contributed by atoms with Crippen molar-refractivity contribution in [2.24, 2.45) is 5.73 Å². The molecule has 4 heteroatoms. The zero-order valence-corrected chi connectivity index (χ0v) is 13.4. The minimum absolute atomic E-state index is 0.0369. The number of rotatable bonds is 7. The van der Waals surface area contributed by atoms with Gasteiger partial charge in [0.2, 0.25) is 0 Å². The lowest BCUT2D eigenvalue weighted by Crippen LogP contribution is -2.60. The van der Waals surface area contributed by atoms with Crippen molar-refractivity contribution in [3.63, 3.8) is 0 Å². The third-order valence-corrected chi connectivity index (χ3v) is 4.54. The summed E-state index contributed by atoms with van der Waals surface area (Å²) < 4.78 is 11.6. The molecule has 0 aromatic heterocycles. The largest absolute Gasteiger partial charge is 0.377 e. The van der Waals surface area contributed by atoms with Gasteiger partial charge in [-0.15, -0.1) is 0 Å². The second-order valence-corrected chi connectivity index (χ2v) is 6.35. The van der Waals surface area contributed by atoms with Gasteiger partial charge in [-0.1, -0.05) is 6.92 Å². The lowest BCUT2D eigenvalue weighted by molar-refractivity contribution is -0.127. The van der Waals surface area contributed by atoms with Crippen molar-refractivity contribution in [2.75, 3.05) is 33.4 Å². The van der Waals surface area contributed by atoms with Crippen molar-refractivity contribution in [1.29, 1.82) is 0 Å². The van der Waals surface area contributed by atoms with Crippen molar-refractivity contribution < 1.29 is 9.47 Å². The molecule has 0 saturated carbocycles. The summed E-state index contributed by atoms with van der Waals surface area (Å²) in [5, 5.41) is 0. The molecule has 114 valence electrons. The standard InChI is InChI=1S/C15H32N2O2/c1-6-14(4)11-15(12-16,7-9-19-14)17(5)8-10-18-13(2)3/h13H,6-12,16H2,1-5H3. The monoisotopic (exact) mass is 272 g/mol. The van der Waals surface area contributed by atoms with Crippen LogP contribution in [-0.2, 0) is 9.47 Å². The van der Waals surface area contributed by atoms with Gasteiger partial charge in [-0.2, -0.15) is 0 Å². The van der Waals surface area contributed by atoms with E-state index < -0.39 is 0 Å². The lowest BCUT2D eigenvalue weighted by atomic mass is 9.78. The summed E-state index contributed by atoms with van der Waals surface area (Å²) in [4.78, 5) is 2.38. The van der Waals surface area contributed by atoms with Crippen LogP contribution in [0, 0.1) is 0 Å². The summed E-state index contributed by atoms with van der Waals surface area (Å²) in [6.45, 7) is 11.7. The van der Waals surface area contributed by atoms with E-state index >= 15 is 0 Å². The second kappa shape index (κ2) is 7.02. The van der Waals surface area contributed by atoms with Crippen LogP contribution in [0.2, 0.25) is 0 Å². The number of hydrogen-bond acceptors (Lipinski definition) is 4. The van der Waals surface area contributed by atoms with E-state index in [4.69, 9.17) is 15.2 Å². The van der Waals surface area contributed by atoms with Crippen molar-refractivity contribution in [1.82, 2.24) is 4.90 Å². The Morgan fingerprint density at radius 1 is 1.42 bits per heavy atom. The number of nitrogens with zero attached hydrogens (tertiary/aromatic N) is 1. The van der Waals surface area contributed by atoms with Crippen LogP contribution < -0.4 is 5.73 Å². The SMILES string of the molecule is CCC1(C)CC(CN)(N(C)CCOC(C)C)CCO1. The molecule has 1 rings (SSSR count). The molecule has 0 spiro atoms. The first kappa shape index (κ1) is 16.9. The number of ether oxygens (including phenoxy) is 2. The average molecular weight is 272 g/mol. The molecule has 2 atom stereocenters. The van der Waals surface area contributed by atoms with Gasteiger partial charge in [-0.05, 0) is 47.1 Å². The molecule has 19 heavy (non-hydrogen) atoms. The second-order valence-electron chi connectivity index (χ2n) is 6.35. The van der Waals surface area contributed by atoms with E-state index in [0.29, 0.717) is 6.54 Å². The molecule has 2 unspecified atom stereocenters. The van der Waals surface area contributed by atoms with E-state index in [0.717, 1.165) is 39.0 Å². The highest BCUT2D eigenvalue weighted by Crippen LogP contribution is 2.37. The maximum Gasteiger partial charge on any atom is 0.0670 e. The van der Waals surface area contributed by atoms with Crippen LogP contribution in [0.15, 0.2) is 0 Å². The average Bonchev–Trinajstić information content (AvgIpc) is 2.38. The number of nitrogens with two attached hydrogens (primary N) is 1. The van der Waals surface area contributed by atoms with Gasteiger partial charge in [0.1, 0.15) is 0 Å². The fourth-order valence-electron chi connectivity index (χ4n) is 2.87. The van der Waals surface area contributed by atoms with Gasteiger partial charge >= 0.3 is 0 Å². The summed E-state index contributed by atoms with van der Waals surface area (Å²) >= 11 is 0. The van der Waals surface area contributed by atoms with Gasteiger partial charge in [0.15, 0.2) is 0 Å². The summed E-state index contributed by atoms with van der Waals surface area (Å²) in [6.07, 6.45) is 3.34. The Balaban J connectivity index is 2.63. The third kappa shape index (κ3) is 4.42. The van der Waals surface area contributed by atoms with Crippen molar-refractivity contribution in [3.05, 3.63) is 0 Å². The summed E-state index contributed by atoms with van der Waals surface area (Å²) in [5.41, 5.74) is 6.13. The Morgan fingerprint density at radius 3 is 2.63 bits per heavy atom. The Kier molecular flexibility index (Phi) is 6.24. The molecular formula is C15H32N2O2. The quantitative estimate of drug-likeness (QED) is 0.770. The van der Waals surface area contributed by atoms with Crippen LogP contribution in [0.3, 0.4) is 0 Å². The van der Waals surface area contributed by atoms with Gasteiger partial charge in [0.25, 0.3) is 0 Å². The molecule has 4 nitrogen and oxygen atoms in total. The van der Waals surface area contributed by atoms with E-state index in [1.165, 1.54) is 0 Å². The normalized spacial score (nSPS) is 32.2. The van der Waals surface area contributed by atoms with Crippen LogP contribution in [0.4, 0.5) is 0 Å². The Labute approximate surface area is 118 Å². The molecule has 0 radical (unpaired) electrons. The molecule has 1 fully saturated rings. The zero-order chi connectivity index (χ0) is 14.5. The summed E-state index contributed by atoms with van der Waals surface area (Å²) in [6, 6.07) is 0. The maximum absolute atomic E-state index is 6.11. The molecule has 1 heterocycles. The van der Waals surface area contributed by atoms with Crippen LogP contribution >= 0.6 is 0 Å². The maximum atomic E-state index is 6.11. The predicted octanol–water partition coefficient (Wildman–Crippen LogP) is 2.02. The molecule has 0 aromatic rings. The fourth-order valence-corrected chi connectivity index (χ4v) is 2.87. The molecule has 0 aliphatic carbocycles. The molecule has 0 bridgehead atoms. The van der Waals surface area contributed by atoms with Crippen molar-refractivity contribution >= 4 is 0 Å². The third-order valence-electron chi connectivity index (χ3n) is 4.54. The predicted molar refractivity (Wildman–Crippen MR) is 79.4 cm³/mol. The fraction of sp³-hybridized carbons (Fsp3) is 1.00. The topological polar surface area (TPSA) is 47.7 Å². The first-order chi connectivity index (χ1) is 8.87. The minimum atomic E-state index is -0.0369. The molecule has 0 amide bonds. The van der Waals surface area contributed by atoms with Crippen LogP contribution in [-0.4, -0.2) is 55.5 Å². The molecule has 1 saturated heterocycles. The van der Waals surface area contributed by atoms with E-state index in [2.05, 4.69) is 39.6 Å². The molecule has 0 aromatic carbocycles. The number of hydrogen-bond donors (Lipinski definition) is 1. The van der Waals surface area contributed by atoms with Crippen LogP contribution in [0.1, 0.15) is 47.0 Å². The first-order valence-corrected chi connectivity index (χ1v) is 7.54. The van der Waals surface area contributed by atoms with Gasteiger partial charge in [-0.3, -0.25) is 4.90 Å². The number of likely N-dealkylation sites (N-methyl/N-ethyl adjacent to an activating group) is 1. The van der Waals surface area contributed by atoms with Crippen LogP contribution in [0.25, 0.3) is 0 Å². The Morgan fingerprint density at radius 2 is 2.11 bits per heavy atom. The molecule has 1 aliphatic rings. The van der Waals surface area contributed by atoms with Gasteiger partial charge < -0.3 is 15.2 Å². The van der Waals surface area contributed by atoms with E-state index in [1.54, 1.807) is 0 Å². The highest BCUT2D eigenvalue weighted by atomic mass is 16.5. The highest BCUT2D eigenvalue weighted by molar-refractivity contribution is 4.99. The first-order valence-electron chi connectivity index (χ1n) is 7.54. The Bertz CT molecular complexity index is 273. The van der Waals surface area contributed by atoms with Crippen molar-refractivity contribution in [2.45, 2.75) is 64.2 Å². The van der Waals surface area contributed by atoms with Crippen molar-refractivity contribution in [3.8, 4) is 0 Å². The van der Waals surface area contributed by atoms with E-state index in [1.807, 2.05) is 0 Å². The lowest BCUT2D eigenvalue weighted by Gasteiger charge is -2.50.